The summed E-state index contributed by atoms with van der Waals surface area (Å²) in [6.07, 6.45) is 0. The molecule has 0 aliphatic carbocycles. The predicted molar refractivity (Wildman–Crippen MR) is 122 cm³/mol. The molecule has 1 unspecified atom stereocenters. The van der Waals surface area contributed by atoms with Gasteiger partial charge in [-0.1, -0.05) is 35.9 Å². The van der Waals surface area contributed by atoms with Gasteiger partial charge >= 0.3 is 0 Å². The summed E-state index contributed by atoms with van der Waals surface area (Å²) in [5.41, 5.74) is 1.78. The average Bonchev–Trinajstić information content (AvgIpc) is 3.09. The highest BCUT2D eigenvalue weighted by Gasteiger charge is 2.47. The molecule has 0 radical (unpaired) electrons. The van der Waals surface area contributed by atoms with Gasteiger partial charge in [-0.25, -0.2) is 4.39 Å². The van der Waals surface area contributed by atoms with Crippen LogP contribution in [0.15, 0.2) is 72.3 Å². The molecule has 4 rings (SSSR count). The number of methoxy groups -OCH3 is 2. The van der Waals surface area contributed by atoms with Crippen molar-refractivity contribution in [2.45, 2.75) is 13.0 Å². The minimum Gasteiger partial charge on any atom is -0.507 e. The number of carbonyl (C=O) groups excluding carboxylic acids is 2. The zero-order valence-electron chi connectivity index (χ0n) is 18.3. The second-order valence-electron chi connectivity index (χ2n) is 7.63. The summed E-state index contributed by atoms with van der Waals surface area (Å²) >= 11 is 0. The van der Waals surface area contributed by atoms with Gasteiger partial charge in [-0.15, -0.1) is 0 Å². The lowest BCUT2D eigenvalue weighted by Gasteiger charge is -2.26. The molecule has 1 fully saturated rings. The first kappa shape index (κ1) is 22.1. The molecule has 33 heavy (non-hydrogen) atoms. The van der Waals surface area contributed by atoms with Gasteiger partial charge in [0.15, 0.2) is 0 Å². The van der Waals surface area contributed by atoms with Crippen LogP contribution in [0.25, 0.3) is 5.76 Å². The first-order valence-electron chi connectivity index (χ1n) is 10.2. The number of Topliss-reactive ketones (excluding diaryl/α,β-unsaturated/α-hetero) is 1. The maximum atomic E-state index is 14.0. The largest absolute Gasteiger partial charge is 0.507 e. The van der Waals surface area contributed by atoms with Gasteiger partial charge in [0, 0.05) is 11.8 Å². The van der Waals surface area contributed by atoms with E-state index in [1.807, 2.05) is 19.1 Å². The zero-order chi connectivity index (χ0) is 23.7. The Hall–Kier alpha value is -4.13. The number of aryl methyl sites for hydroxylation is 1. The van der Waals surface area contributed by atoms with Crippen LogP contribution in [0.1, 0.15) is 22.7 Å². The molecule has 1 amide bonds. The molecule has 0 saturated carbocycles. The molecule has 1 aliphatic heterocycles. The van der Waals surface area contributed by atoms with Crippen molar-refractivity contribution in [2.24, 2.45) is 0 Å². The van der Waals surface area contributed by atoms with E-state index in [0.717, 1.165) is 11.6 Å². The van der Waals surface area contributed by atoms with Gasteiger partial charge in [0.05, 0.1) is 31.4 Å². The summed E-state index contributed by atoms with van der Waals surface area (Å²) in [5.74, 6) is -2.15. The molecule has 6 nitrogen and oxygen atoms in total. The van der Waals surface area contributed by atoms with E-state index in [4.69, 9.17) is 9.47 Å². The molecule has 3 aromatic rings. The van der Waals surface area contributed by atoms with Crippen LogP contribution < -0.4 is 14.4 Å². The van der Waals surface area contributed by atoms with E-state index >= 15 is 0 Å². The van der Waals surface area contributed by atoms with Gasteiger partial charge in [-0.05, 0) is 42.8 Å². The number of hydrogen-bond donors (Lipinski definition) is 1. The Kier molecular flexibility index (Phi) is 5.87. The second kappa shape index (κ2) is 8.78. The summed E-state index contributed by atoms with van der Waals surface area (Å²) in [5, 5.41) is 11.2. The molecule has 0 bridgehead atoms. The summed E-state index contributed by atoms with van der Waals surface area (Å²) < 4.78 is 24.6. The third kappa shape index (κ3) is 3.93. The van der Waals surface area contributed by atoms with E-state index in [1.165, 1.54) is 31.3 Å². The number of hydrogen-bond acceptors (Lipinski definition) is 5. The third-order valence-corrected chi connectivity index (χ3v) is 5.55. The molecule has 1 heterocycles. The smallest absolute Gasteiger partial charge is 0.300 e. The van der Waals surface area contributed by atoms with Crippen molar-refractivity contribution >= 4 is 23.1 Å². The fourth-order valence-electron chi connectivity index (χ4n) is 4.03. The normalized spacial score (nSPS) is 17.3. The summed E-state index contributed by atoms with van der Waals surface area (Å²) in [6.45, 7) is 1.89. The zero-order valence-corrected chi connectivity index (χ0v) is 18.3. The number of ketones is 1. The van der Waals surface area contributed by atoms with Crippen LogP contribution in [-0.4, -0.2) is 31.0 Å². The number of benzene rings is 3. The van der Waals surface area contributed by atoms with Crippen LogP contribution in [0.5, 0.6) is 11.5 Å². The quantitative estimate of drug-likeness (QED) is 0.346. The van der Waals surface area contributed by atoms with Crippen LogP contribution in [0.2, 0.25) is 0 Å². The van der Waals surface area contributed by atoms with Crippen molar-refractivity contribution in [1.29, 1.82) is 0 Å². The Balaban J connectivity index is 2.00. The van der Waals surface area contributed by atoms with E-state index in [2.05, 4.69) is 0 Å². The van der Waals surface area contributed by atoms with Crippen molar-refractivity contribution < 1.29 is 28.6 Å². The Bertz CT molecular complexity index is 1280. The number of aliphatic hydroxyl groups excluding tert-OH is 1. The van der Waals surface area contributed by atoms with E-state index in [-0.39, 0.29) is 16.9 Å². The van der Waals surface area contributed by atoms with Gasteiger partial charge in [-0.3, -0.25) is 14.5 Å². The molecule has 168 valence electrons. The molecule has 1 N–H and O–H groups in total. The molecule has 1 atom stereocenters. The number of ether oxygens (including phenoxy) is 2. The fraction of sp³-hybridized carbons (Fsp3) is 0.154. The van der Waals surface area contributed by atoms with Crippen LogP contribution in [-0.2, 0) is 9.59 Å². The molecule has 3 aromatic carbocycles. The minimum atomic E-state index is -0.940. The second-order valence-corrected chi connectivity index (χ2v) is 7.63. The predicted octanol–water partition coefficient (Wildman–Crippen LogP) is 4.78. The standard InChI is InChI=1S/C26H22FNO5/c1-15-6-4-7-16(12-15)23-22(24(29)20-13-17(27)10-11-21(20)33-3)25(30)26(31)28(23)18-8-5-9-19(14-18)32-2/h4-14,23,29H,1-3H3/b24-22+. The van der Waals surface area contributed by atoms with Crippen molar-refractivity contribution in [1.82, 2.24) is 0 Å². The Morgan fingerprint density at radius 3 is 2.42 bits per heavy atom. The van der Waals surface area contributed by atoms with Gasteiger partial charge in [0.1, 0.15) is 23.1 Å². The van der Waals surface area contributed by atoms with Crippen LogP contribution >= 0.6 is 0 Å². The Labute approximate surface area is 190 Å². The minimum absolute atomic E-state index is 0.0150. The average molecular weight is 447 g/mol. The highest BCUT2D eigenvalue weighted by molar-refractivity contribution is 6.51. The molecule has 1 aliphatic rings. The van der Waals surface area contributed by atoms with Crippen molar-refractivity contribution in [3.05, 3.63) is 94.8 Å². The number of anilines is 1. The number of rotatable bonds is 5. The number of halogens is 1. The van der Waals surface area contributed by atoms with Gasteiger partial charge < -0.3 is 14.6 Å². The van der Waals surface area contributed by atoms with Crippen LogP contribution in [0, 0.1) is 12.7 Å². The molecule has 7 heteroatoms. The first-order valence-corrected chi connectivity index (χ1v) is 10.2. The number of aliphatic hydroxyl groups is 1. The highest BCUT2D eigenvalue weighted by atomic mass is 19.1. The summed E-state index contributed by atoms with van der Waals surface area (Å²) in [7, 11) is 2.87. The van der Waals surface area contributed by atoms with Crippen molar-refractivity contribution in [2.75, 3.05) is 19.1 Å². The maximum Gasteiger partial charge on any atom is 0.300 e. The molecule has 0 spiro atoms. The molecule has 1 saturated heterocycles. The maximum absolute atomic E-state index is 14.0. The van der Waals surface area contributed by atoms with Gasteiger partial charge in [-0.2, -0.15) is 0 Å². The third-order valence-electron chi connectivity index (χ3n) is 5.55. The topological polar surface area (TPSA) is 76.1 Å². The van der Waals surface area contributed by atoms with Crippen LogP contribution in [0.3, 0.4) is 0 Å². The van der Waals surface area contributed by atoms with Crippen molar-refractivity contribution in [3.63, 3.8) is 0 Å². The lowest BCUT2D eigenvalue weighted by Crippen LogP contribution is -2.29. The summed E-state index contributed by atoms with van der Waals surface area (Å²) in [6, 6.07) is 16.7. The Morgan fingerprint density at radius 2 is 1.73 bits per heavy atom. The fourth-order valence-corrected chi connectivity index (χ4v) is 4.03. The number of amides is 1. The molecular formula is C26H22FNO5. The van der Waals surface area contributed by atoms with E-state index in [1.54, 1.807) is 36.4 Å². The SMILES string of the molecule is COc1cccc(N2C(=O)C(=O)/C(=C(/O)c3cc(F)ccc3OC)C2c2cccc(C)c2)c1. The molecule has 0 aromatic heterocycles. The summed E-state index contributed by atoms with van der Waals surface area (Å²) in [4.78, 5) is 27.8. The Morgan fingerprint density at radius 1 is 0.970 bits per heavy atom. The number of carbonyl (C=O) groups is 2. The number of nitrogens with zero attached hydrogens (tertiary/aromatic N) is 1. The first-order chi connectivity index (χ1) is 15.8. The lowest BCUT2D eigenvalue weighted by molar-refractivity contribution is -0.132. The van der Waals surface area contributed by atoms with Crippen LogP contribution in [0.4, 0.5) is 10.1 Å². The van der Waals surface area contributed by atoms with Gasteiger partial charge in [0.2, 0.25) is 0 Å². The molecular weight excluding hydrogens is 425 g/mol. The van der Waals surface area contributed by atoms with Crippen molar-refractivity contribution in [3.8, 4) is 11.5 Å². The van der Waals surface area contributed by atoms with Gasteiger partial charge in [0.25, 0.3) is 11.7 Å². The lowest BCUT2D eigenvalue weighted by atomic mass is 9.94. The van der Waals surface area contributed by atoms with E-state index < -0.39 is 29.3 Å². The van der Waals surface area contributed by atoms with E-state index in [9.17, 15) is 19.1 Å². The highest BCUT2D eigenvalue weighted by Crippen LogP contribution is 2.44. The van der Waals surface area contributed by atoms with E-state index in [0.29, 0.717) is 17.0 Å². The monoisotopic (exact) mass is 447 g/mol.